The van der Waals surface area contributed by atoms with E-state index in [-0.39, 0.29) is 5.91 Å². The lowest BCUT2D eigenvalue weighted by atomic mass is 9.99. The van der Waals surface area contributed by atoms with Crippen molar-refractivity contribution in [3.05, 3.63) is 100 Å². The van der Waals surface area contributed by atoms with Gasteiger partial charge in [0.2, 0.25) is 0 Å². The maximum Gasteiger partial charge on any atom is 0.255 e. The summed E-state index contributed by atoms with van der Waals surface area (Å²) >= 11 is 6.22. The van der Waals surface area contributed by atoms with Crippen molar-refractivity contribution in [2.45, 2.75) is 13.3 Å². The molecule has 120 valence electrons. The molecule has 0 aliphatic carbocycles. The maximum absolute atomic E-state index is 12.7. The van der Waals surface area contributed by atoms with Crippen LogP contribution < -0.4 is 5.32 Å². The van der Waals surface area contributed by atoms with Crippen molar-refractivity contribution in [2.24, 2.45) is 0 Å². The van der Waals surface area contributed by atoms with Gasteiger partial charge in [-0.05, 0) is 48.2 Å². The Morgan fingerprint density at radius 1 is 0.958 bits per heavy atom. The summed E-state index contributed by atoms with van der Waals surface area (Å²) in [4.78, 5) is 12.7. The Morgan fingerprint density at radius 2 is 1.67 bits per heavy atom. The van der Waals surface area contributed by atoms with Crippen LogP contribution in [0.1, 0.15) is 27.0 Å². The van der Waals surface area contributed by atoms with E-state index < -0.39 is 0 Å². The number of nitrogens with one attached hydrogen (secondary N) is 1. The molecule has 3 aromatic carbocycles. The van der Waals surface area contributed by atoms with E-state index >= 15 is 0 Å². The van der Waals surface area contributed by atoms with Gasteiger partial charge in [0.05, 0.1) is 10.7 Å². The van der Waals surface area contributed by atoms with Gasteiger partial charge in [-0.25, -0.2) is 0 Å². The minimum atomic E-state index is -0.146. The Bertz CT molecular complexity index is 859. The molecule has 0 atom stereocenters. The summed E-state index contributed by atoms with van der Waals surface area (Å²) in [6.45, 7) is 1.96. The van der Waals surface area contributed by atoms with Gasteiger partial charge in [-0.1, -0.05) is 66.2 Å². The van der Waals surface area contributed by atoms with Crippen molar-refractivity contribution in [3.8, 4) is 0 Å². The van der Waals surface area contributed by atoms with Gasteiger partial charge in [-0.3, -0.25) is 4.79 Å². The molecule has 0 radical (unpaired) electrons. The largest absolute Gasteiger partial charge is 0.321 e. The van der Waals surface area contributed by atoms with Crippen LogP contribution in [0.25, 0.3) is 0 Å². The molecular weight excluding hydrogens is 318 g/mol. The zero-order valence-electron chi connectivity index (χ0n) is 13.4. The summed E-state index contributed by atoms with van der Waals surface area (Å²) in [5.74, 6) is -0.146. The third kappa shape index (κ3) is 3.84. The van der Waals surface area contributed by atoms with E-state index in [4.69, 9.17) is 11.6 Å². The first-order valence-electron chi connectivity index (χ1n) is 7.83. The van der Waals surface area contributed by atoms with E-state index in [2.05, 4.69) is 17.4 Å². The number of hydrogen-bond donors (Lipinski definition) is 1. The van der Waals surface area contributed by atoms with E-state index in [9.17, 15) is 4.79 Å². The van der Waals surface area contributed by atoms with Crippen molar-refractivity contribution in [1.29, 1.82) is 0 Å². The monoisotopic (exact) mass is 335 g/mol. The van der Waals surface area contributed by atoms with Crippen molar-refractivity contribution in [2.75, 3.05) is 5.32 Å². The summed E-state index contributed by atoms with van der Waals surface area (Å²) < 4.78 is 0. The zero-order chi connectivity index (χ0) is 16.9. The number of carbonyl (C=O) groups excluding carboxylic acids is 1. The molecule has 3 aromatic rings. The minimum absolute atomic E-state index is 0.146. The van der Waals surface area contributed by atoms with E-state index in [0.29, 0.717) is 22.7 Å². The maximum atomic E-state index is 12.7. The third-order valence-electron chi connectivity index (χ3n) is 3.87. The van der Waals surface area contributed by atoms with Gasteiger partial charge in [0, 0.05) is 5.56 Å². The van der Waals surface area contributed by atoms with Crippen LogP contribution in [0.5, 0.6) is 0 Å². The van der Waals surface area contributed by atoms with Gasteiger partial charge in [0.1, 0.15) is 0 Å². The van der Waals surface area contributed by atoms with E-state index in [0.717, 1.165) is 11.1 Å². The van der Waals surface area contributed by atoms with Crippen molar-refractivity contribution in [1.82, 2.24) is 0 Å². The van der Waals surface area contributed by atoms with Gasteiger partial charge in [-0.2, -0.15) is 0 Å². The SMILES string of the molecule is Cc1ccc(NC(=O)c2ccccc2Cc2ccccc2)c(Cl)c1. The highest BCUT2D eigenvalue weighted by atomic mass is 35.5. The average molecular weight is 336 g/mol. The number of rotatable bonds is 4. The molecule has 3 rings (SSSR count). The molecule has 0 aliphatic heterocycles. The average Bonchev–Trinajstić information content (AvgIpc) is 2.59. The fourth-order valence-corrected chi connectivity index (χ4v) is 2.91. The van der Waals surface area contributed by atoms with Crippen LogP contribution in [0, 0.1) is 6.92 Å². The molecule has 0 fully saturated rings. The number of benzene rings is 3. The highest BCUT2D eigenvalue weighted by Gasteiger charge is 2.13. The van der Waals surface area contributed by atoms with Crippen LogP contribution in [0.15, 0.2) is 72.8 Å². The summed E-state index contributed by atoms with van der Waals surface area (Å²) in [5, 5.41) is 3.45. The van der Waals surface area contributed by atoms with Gasteiger partial charge in [0.15, 0.2) is 0 Å². The second-order valence-electron chi connectivity index (χ2n) is 5.76. The molecule has 0 saturated carbocycles. The molecule has 1 amide bonds. The first-order valence-corrected chi connectivity index (χ1v) is 8.20. The quantitative estimate of drug-likeness (QED) is 0.671. The summed E-state index contributed by atoms with van der Waals surface area (Å²) in [6.07, 6.45) is 0.714. The Kier molecular flexibility index (Phi) is 4.97. The number of carbonyl (C=O) groups is 1. The van der Waals surface area contributed by atoms with E-state index in [1.54, 1.807) is 0 Å². The van der Waals surface area contributed by atoms with Gasteiger partial charge >= 0.3 is 0 Å². The number of amides is 1. The number of anilines is 1. The van der Waals surface area contributed by atoms with E-state index in [1.165, 1.54) is 5.56 Å². The molecule has 1 N–H and O–H groups in total. The fraction of sp³-hybridized carbons (Fsp3) is 0.0952. The Morgan fingerprint density at radius 3 is 2.42 bits per heavy atom. The van der Waals surface area contributed by atoms with Gasteiger partial charge in [0.25, 0.3) is 5.91 Å². The van der Waals surface area contributed by atoms with Crippen LogP contribution in [0.2, 0.25) is 5.02 Å². The molecule has 0 unspecified atom stereocenters. The zero-order valence-corrected chi connectivity index (χ0v) is 14.2. The Hall–Kier alpha value is -2.58. The van der Waals surface area contributed by atoms with Crippen LogP contribution in [-0.4, -0.2) is 5.91 Å². The molecule has 24 heavy (non-hydrogen) atoms. The first-order chi connectivity index (χ1) is 11.6. The molecule has 0 aromatic heterocycles. The number of halogens is 1. The molecule has 3 heteroatoms. The molecular formula is C21H18ClNO. The van der Waals surface area contributed by atoms with Gasteiger partial charge in [-0.15, -0.1) is 0 Å². The normalized spacial score (nSPS) is 10.4. The topological polar surface area (TPSA) is 29.1 Å². The van der Waals surface area contributed by atoms with Crippen LogP contribution in [-0.2, 0) is 6.42 Å². The second-order valence-corrected chi connectivity index (χ2v) is 6.16. The van der Waals surface area contributed by atoms with Crippen molar-refractivity contribution < 1.29 is 4.79 Å². The molecule has 0 aliphatic rings. The predicted octanol–water partition coefficient (Wildman–Crippen LogP) is 5.49. The Balaban J connectivity index is 1.85. The highest BCUT2D eigenvalue weighted by molar-refractivity contribution is 6.34. The highest BCUT2D eigenvalue weighted by Crippen LogP contribution is 2.24. The van der Waals surface area contributed by atoms with Crippen LogP contribution in [0.3, 0.4) is 0 Å². The van der Waals surface area contributed by atoms with E-state index in [1.807, 2.05) is 67.6 Å². The summed E-state index contributed by atoms with van der Waals surface area (Å²) in [6, 6.07) is 23.4. The predicted molar refractivity (Wildman–Crippen MR) is 99.8 cm³/mol. The molecule has 2 nitrogen and oxygen atoms in total. The van der Waals surface area contributed by atoms with Crippen molar-refractivity contribution >= 4 is 23.2 Å². The summed E-state index contributed by atoms with van der Waals surface area (Å²) in [7, 11) is 0. The lowest BCUT2D eigenvalue weighted by Crippen LogP contribution is -2.14. The molecule has 0 bridgehead atoms. The molecule has 0 saturated heterocycles. The first kappa shape index (κ1) is 16.3. The minimum Gasteiger partial charge on any atom is -0.321 e. The summed E-state index contributed by atoms with van der Waals surface area (Å²) in [5.41, 5.74) is 4.51. The lowest BCUT2D eigenvalue weighted by molar-refractivity contribution is 0.102. The lowest BCUT2D eigenvalue weighted by Gasteiger charge is -2.12. The third-order valence-corrected chi connectivity index (χ3v) is 4.18. The fourth-order valence-electron chi connectivity index (χ4n) is 2.62. The van der Waals surface area contributed by atoms with Gasteiger partial charge < -0.3 is 5.32 Å². The van der Waals surface area contributed by atoms with Crippen LogP contribution in [0.4, 0.5) is 5.69 Å². The Labute approximate surface area is 147 Å². The second kappa shape index (κ2) is 7.33. The van der Waals surface area contributed by atoms with Crippen LogP contribution >= 0.6 is 11.6 Å². The standard InChI is InChI=1S/C21H18ClNO/c1-15-11-12-20(19(22)13-15)23-21(24)18-10-6-5-9-17(18)14-16-7-3-2-4-8-16/h2-13H,14H2,1H3,(H,23,24). The number of aryl methyl sites for hydroxylation is 1. The van der Waals surface area contributed by atoms with Crippen molar-refractivity contribution in [3.63, 3.8) is 0 Å². The number of hydrogen-bond acceptors (Lipinski definition) is 1. The smallest absolute Gasteiger partial charge is 0.255 e. The molecule has 0 spiro atoms. The molecule has 0 heterocycles.